The Morgan fingerprint density at radius 1 is 1.00 bits per heavy atom. The molecule has 1 aromatic heterocycles. The Kier molecular flexibility index (Phi) is 4.45. The summed E-state index contributed by atoms with van der Waals surface area (Å²) in [5.41, 5.74) is 8.67. The van der Waals surface area contributed by atoms with Crippen LogP contribution in [0.2, 0.25) is 0 Å². The van der Waals surface area contributed by atoms with Crippen LogP contribution >= 0.6 is 0 Å². The van der Waals surface area contributed by atoms with E-state index in [4.69, 9.17) is 4.74 Å². The van der Waals surface area contributed by atoms with Gasteiger partial charge in [0.05, 0.1) is 29.9 Å². The molecule has 1 aliphatic heterocycles. The molecule has 0 aliphatic carbocycles. The minimum Gasteiger partial charge on any atom is -0.370 e. The lowest BCUT2D eigenvalue weighted by Crippen LogP contribution is -3.15. The predicted octanol–water partition coefficient (Wildman–Crippen LogP) is 0.746. The fourth-order valence-electron chi connectivity index (χ4n) is 3.21. The van der Waals surface area contributed by atoms with Gasteiger partial charge >= 0.3 is 0 Å². The normalized spacial score (nSPS) is 15.4. The first-order chi connectivity index (χ1) is 12.3. The fourth-order valence-corrected chi connectivity index (χ4v) is 3.21. The highest BCUT2D eigenvalue weighted by atomic mass is 16.5. The number of carbonyl (C=O) groups is 1. The van der Waals surface area contributed by atoms with Crippen molar-refractivity contribution in [3.63, 3.8) is 0 Å². The first kappa shape index (κ1) is 15.8. The Bertz CT molecular complexity index is 852. The van der Waals surface area contributed by atoms with E-state index in [-0.39, 0.29) is 5.91 Å². The van der Waals surface area contributed by atoms with Gasteiger partial charge in [-0.2, -0.15) is 0 Å². The van der Waals surface area contributed by atoms with Crippen molar-refractivity contribution in [3.05, 3.63) is 48.5 Å². The highest BCUT2D eigenvalue weighted by Gasteiger charge is 2.18. The minimum absolute atomic E-state index is 0.0260. The standard InChI is InChI=1S/C19H20N4O2/c24-18(13-23-9-11-25-12-10-23)21-22-19-14-5-1-3-7-16(14)20-17-8-4-2-6-15(17)19/h1-8H,9-13H2,(H,20,22)(H,21,24)/p+1. The minimum atomic E-state index is -0.0260. The highest BCUT2D eigenvalue weighted by Crippen LogP contribution is 2.29. The van der Waals surface area contributed by atoms with E-state index in [1.54, 1.807) is 0 Å². The number of rotatable bonds is 4. The summed E-state index contributed by atoms with van der Waals surface area (Å²) in [6.07, 6.45) is 0. The molecular formula is C19H21N4O2+. The van der Waals surface area contributed by atoms with Crippen LogP contribution in [0, 0.1) is 0 Å². The number of fused-ring (bicyclic) bond motifs is 2. The number of hydrogen-bond donors (Lipinski definition) is 3. The maximum Gasteiger partial charge on any atom is 0.293 e. The molecule has 128 valence electrons. The maximum atomic E-state index is 12.3. The zero-order valence-corrected chi connectivity index (χ0v) is 13.9. The van der Waals surface area contributed by atoms with Gasteiger partial charge in [-0.15, -0.1) is 0 Å². The van der Waals surface area contributed by atoms with Crippen molar-refractivity contribution in [1.82, 2.24) is 10.4 Å². The van der Waals surface area contributed by atoms with Crippen molar-refractivity contribution in [3.8, 4) is 0 Å². The number of carbonyl (C=O) groups excluding carboxylic acids is 1. The quantitative estimate of drug-likeness (QED) is 0.485. The summed E-state index contributed by atoms with van der Waals surface area (Å²) in [6, 6.07) is 15.9. The van der Waals surface area contributed by atoms with Crippen LogP contribution in [-0.2, 0) is 9.53 Å². The molecule has 1 aliphatic rings. The molecule has 4 rings (SSSR count). The number of amides is 1. The number of morpholine rings is 1. The number of ether oxygens (including phenoxy) is 1. The SMILES string of the molecule is O=C(C[NH+]1CCOCC1)NNc1c2ccccc2nc2ccccc12. The highest BCUT2D eigenvalue weighted by molar-refractivity contribution is 6.07. The second-order valence-corrected chi connectivity index (χ2v) is 6.23. The van der Waals surface area contributed by atoms with E-state index in [1.165, 1.54) is 4.90 Å². The van der Waals surface area contributed by atoms with Gasteiger partial charge in [-0.3, -0.25) is 15.6 Å². The van der Waals surface area contributed by atoms with Gasteiger partial charge in [-0.25, -0.2) is 4.98 Å². The van der Waals surface area contributed by atoms with Crippen molar-refractivity contribution in [2.75, 3.05) is 38.3 Å². The second kappa shape index (κ2) is 7.04. The molecule has 0 radical (unpaired) electrons. The van der Waals surface area contributed by atoms with Crippen LogP contribution < -0.4 is 15.8 Å². The van der Waals surface area contributed by atoms with E-state index in [0.29, 0.717) is 6.54 Å². The number of aromatic nitrogens is 1. The number of hydrazine groups is 1. The van der Waals surface area contributed by atoms with Gasteiger partial charge in [-0.1, -0.05) is 36.4 Å². The van der Waals surface area contributed by atoms with Gasteiger partial charge in [-0.05, 0) is 12.1 Å². The molecule has 6 heteroatoms. The number of nitrogens with zero attached hydrogens (tertiary/aromatic N) is 1. The van der Waals surface area contributed by atoms with Crippen LogP contribution in [0.4, 0.5) is 5.69 Å². The van der Waals surface area contributed by atoms with E-state index in [2.05, 4.69) is 15.8 Å². The third-order valence-corrected chi connectivity index (χ3v) is 4.53. The molecule has 0 atom stereocenters. The summed E-state index contributed by atoms with van der Waals surface area (Å²) in [4.78, 5) is 18.2. The third-order valence-electron chi connectivity index (χ3n) is 4.53. The monoisotopic (exact) mass is 337 g/mol. The molecule has 1 saturated heterocycles. The Morgan fingerprint density at radius 3 is 2.24 bits per heavy atom. The molecule has 3 N–H and O–H groups in total. The topological polar surface area (TPSA) is 67.7 Å². The van der Waals surface area contributed by atoms with E-state index >= 15 is 0 Å². The van der Waals surface area contributed by atoms with E-state index in [1.807, 2.05) is 48.5 Å². The second-order valence-electron chi connectivity index (χ2n) is 6.23. The molecule has 6 nitrogen and oxygen atoms in total. The summed E-state index contributed by atoms with van der Waals surface area (Å²) < 4.78 is 5.33. The molecule has 2 aromatic carbocycles. The Balaban J connectivity index is 1.58. The zero-order chi connectivity index (χ0) is 17.1. The van der Waals surface area contributed by atoms with Gasteiger partial charge in [0, 0.05) is 10.8 Å². The molecule has 3 aromatic rings. The van der Waals surface area contributed by atoms with Gasteiger partial charge in [0.1, 0.15) is 13.1 Å². The molecule has 2 heterocycles. The Morgan fingerprint density at radius 2 is 1.60 bits per heavy atom. The van der Waals surface area contributed by atoms with Gasteiger partial charge < -0.3 is 9.64 Å². The van der Waals surface area contributed by atoms with E-state index in [0.717, 1.165) is 53.8 Å². The van der Waals surface area contributed by atoms with E-state index in [9.17, 15) is 4.79 Å². The van der Waals surface area contributed by atoms with Crippen molar-refractivity contribution in [2.24, 2.45) is 0 Å². The lowest BCUT2D eigenvalue weighted by Gasteiger charge is -2.23. The van der Waals surface area contributed by atoms with Crippen LogP contribution in [0.15, 0.2) is 48.5 Å². The summed E-state index contributed by atoms with van der Waals surface area (Å²) in [5.74, 6) is -0.0260. The molecule has 0 saturated carbocycles. The van der Waals surface area contributed by atoms with E-state index < -0.39 is 0 Å². The molecule has 1 fully saturated rings. The fraction of sp³-hybridized carbons (Fsp3) is 0.263. The number of nitrogens with one attached hydrogen (secondary N) is 3. The lowest BCUT2D eigenvalue weighted by atomic mass is 10.1. The number of benzene rings is 2. The van der Waals surface area contributed by atoms with Crippen molar-refractivity contribution >= 4 is 33.4 Å². The number of anilines is 1. The zero-order valence-electron chi connectivity index (χ0n) is 13.9. The van der Waals surface area contributed by atoms with Crippen LogP contribution in [0.25, 0.3) is 21.8 Å². The van der Waals surface area contributed by atoms with Gasteiger partial charge in [0.2, 0.25) is 0 Å². The van der Waals surface area contributed by atoms with Crippen LogP contribution in [0.1, 0.15) is 0 Å². The number of quaternary nitrogens is 1. The maximum absolute atomic E-state index is 12.3. The predicted molar refractivity (Wildman–Crippen MR) is 97.4 cm³/mol. The van der Waals surface area contributed by atoms with Crippen molar-refractivity contribution in [1.29, 1.82) is 0 Å². The average Bonchev–Trinajstić information content (AvgIpc) is 2.66. The number of pyridine rings is 1. The van der Waals surface area contributed by atoms with Crippen LogP contribution in [0.5, 0.6) is 0 Å². The molecule has 0 unspecified atom stereocenters. The average molecular weight is 337 g/mol. The Labute approximate surface area is 145 Å². The number of para-hydroxylation sites is 2. The first-order valence-corrected chi connectivity index (χ1v) is 8.55. The van der Waals surface area contributed by atoms with Gasteiger partial charge in [0.15, 0.2) is 6.54 Å². The molecule has 0 bridgehead atoms. The van der Waals surface area contributed by atoms with Crippen molar-refractivity contribution in [2.45, 2.75) is 0 Å². The molecule has 0 spiro atoms. The largest absolute Gasteiger partial charge is 0.370 e. The lowest BCUT2D eigenvalue weighted by molar-refractivity contribution is -0.900. The van der Waals surface area contributed by atoms with Crippen LogP contribution in [0.3, 0.4) is 0 Å². The van der Waals surface area contributed by atoms with Crippen molar-refractivity contribution < 1.29 is 14.4 Å². The van der Waals surface area contributed by atoms with Crippen LogP contribution in [-0.4, -0.2) is 43.7 Å². The Hall–Kier alpha value is -2.70. The first-order valence-electron chi connectivity index (χ1n) is 8.55. The summed E-state index contributed by atoms with van der Waals surface area (Å²) in [7, 11) is 0. The molecule has 25 heavy (non-hydrogen) atoms. The summed E-state index contributed by atoms with van der Waals surface area (Å²) in [6.45, 7) is 3.62. The number of hydrogen-bond acceptors (Lipinski definition) is 4. The third kappa shape index (κ3) is 3.40. The molecule has 1 amide bonds. The smallest absolute Gasteiger partial charge is 0.293 e. The van der Waals surface area contributed by atoms with Gasteiger partial charge in [0.25, 0.3) is 5.91 Å². The summed E-state index contributed by atoms with van der Waals surface area (Å²) in [5, 5.41) is 1.97. The molecular weight excluding hydrogens is 316 g/mol. The summed E-state index contributed by atoms with van der Waals surface area (Å²) >= 11 is 0.